The number of nitrogens with one attached hydrogen (secondary N) is 1. The van der Waals surface area contributed by atoms with Crippen LogP contribution >= 0.6 is 0 Å². The molecule has 17 heavy (non-hydrogen) atoms. The normalized spacial score (nSPS) is 18.3. The lowest BCUT2D eigenvalue weighted by Gasteiger charge is -2.15. The Bertz CT molecular complexity index is 205. The van der Waals surface area contributed by atoms with Crippen molar-refractivity contribution >= 4 is 0 Å². The molecule has 1 aliphatic rings. The zero-order chi connectivity index (χ0) is 12.5. The molecule has 0 radical (unpaired) electrons. The molecule has 0 unspecified atom stereocenters. The van der Waals surface area contributed by atoms with Crippen molar-refractivity contribution in [3.63, 3.8) is 0 Å². The molecule has 1 aliphatic carbocycles. The zero-order valence-corrected chi connectivity index (χ0v) is 11.6. The van der Waals surface area contributed by atoms with E-state index in [0.29, 0.717) is 6.04 Å². The Hall–Kier alpha value is -0.340. The molecule has 1 rings (SSSR count). The number of hydrogen-bond acceptors (Lipinski definition) is 2. The fourth-order valence-corrected chi connectivity index (χ4v) is 2.30. The van der Waals surface area contributed by atoms with Crippen LogP contribution in [0.5, 0.6) is 0 Å². The molecule has 2 heteroatoms. The van der Waals surface area contributed by atoms with Crippen LogP contribution < -0.4 is 5.32 Å². The maximum atomic E-state index is 5.78. The summed E-state index contributed by atoms with van der Waals surface area (Å²) in [6, 6.07) is 0.522. The fraction of sp³-hybridized carbons (Fsp3) is 0.867. The predicted octanol–water partition coefficient (Wildman–Crippen LogP) is 3.53. The number of hydrogen-bond donors (Lipinski definition) is 1. The first kappa shape index (κ1) is 14.7. The van der Waals surface area contributed by atoms with E-state index in [9.17, 15) is 0 Å². The van der Waals surface area contributed by atoms with Gasteiger partial charge in [0.05, 0.1) is 6.61 Å². The van der Waals surface area contributed by atoms with Gasteiger partial charge >= 0.3 is 0 Å². The summed E-state index contributed by atoms with van der Waals surface area (Å²) in [6.45, 7) is 10.9. The lowest BCUT2D eigenvalue weighted by atomic mass is 10.0. The molecule has 1 saturated carbocycles. The molecule has 0 atom stereocenters. The summed E-state index contributed by atoms with van der Waals surface area (Å²) in [5.41, 5.74) is 1.16. The van der Waals surface area contributed by atoms with Crippen molar-refractivity contribution in [2.45, 2.75) is 58.4 Å². The third-order valence-electron chi connectivity index (χ3n) is 3.39. The van der Waals surface area contributed by atoms with Gasteiger partial charge in [0.2, 0.25) is 0 Å². The van der Waals surface area contributed by atoms with Crippen molar-refractivity contribution in [2.75, 3.05) is 19.8 Å². The van der Waals surface area contributed by atoms with E-state index in [0.717, 1.165) is 31.2 Å². The van der Waals surface area contributed by atoms with Gasteiger partial charge in [-0.1, -0.05) is 46.1 Å². The van der Waals surface area contributed by atoms with Gasteiger partial charge in [-0.3, -0.25) is 0 Å². The fourth-order valence-electron chi connectivity index (χ4n) is 2.30. The van der Waals surface area contributed by atoms with Gasteiger partial charge in [-0.05, 0) is 24.3 Å². The first-order valence-electron chi connectivity index (χ1n) is 7.16. The molecule has 0 spiro atoms. The van der Waals surface area contributed by atoms with Crippen molar-refractivity contribution < 1.29 is 4.74 Å². The summed E-state index contributed by atoms with van der Waals surface area (Å²) >= 11 is 0. The Kier molecular flexibility index (Phi) is 7.54. The zero-order valence-electron chi connectivity index (χ0n) is 11.6. The summed E-state index contributed by atoms with van der Waals surface area (Å²) in [6.07, 6.45) is 8.34. The van der Waals surface area contributed by atoms with Gasteiger partial charge < -0.3 is 10.1 Å². The van der Waals surface area contributed by atoms with Crippen LogP contribution in [0.3, 0.4) is 0 Å². The second kappa shape index (κ2) is 8.71. The van der Waals surface area contributed by atoms with Gasteiger partial charge in [-0.15, -0.1) is 0 Å². The third kappa shape index (κ3) is 7.56. The second-order valence-electron chi connectivity index (χ2n) is 5.66. The summed E-state index contributed by atoms with van der Waals surface area (Å²) in [7, 11) is 0. The third-order valence-corrected chi connectivity index (χ3v) is 3.39. The van der Waals surface area contributed by atoms with Crippen LogP contribution in [-0.2, 0) is 4.74 Å². The molecule has 0 saturated heterocycles. The van der Waals surface area contributed by atoms with Gasteiger partial charge in [0.1, 0.15) is 0 Å². The van der Waals surface area contributed by atoms with Gasteiger partial charge in [0, 0.05) is 19.2 Å². The van der Waals surface area contributed by atoms with Crippen LogP contribution in [0.4, 0.5) is 0 Å². The first-order chi connectivity index (χ1) is 8.18. The van der Waals surface area contributed by atoms with E-state index in [2.05, 4.69) is 25.7 Å². The van der Waals surface area contributed by atoms with Gasteiger partial charge in [0.25, 0.3) is 0 Å². The monoisotopic (exact) mass is 239 g/mol. The second-order valence-corrected chi connectivity index (χ2v) is 5.66. The molecule has 0 amide bonds. The van der Waals surface area contributed by atoms with E-state index in [4.69, 9.17) is 4.74 Å². The number of ether oxygens (including phenoxy) is 1. The van der Waals surface area contributed by atoms with Crippen molar-refractivity contribution in [1.29, 1.82) is 0 Å². The minimum Gasteiger partial charge on any atom is -0.377 e. The van der Waals surface area contributed by atoms with Crippen LogP contribution in [0.15, 0.2) is 12.2 Å². The molecule has 0 aliphatic heterocycles. The quantitative estimate of drug-likeness (QED) is 0.542. The van der Waals surface area contributed by atoms with E-state index in [-0.39, 0.29) is 0 Å². The molecule has 1 N–H and O–H groups in total. The van der Waals surface area contributed by atoms with E-state index >= 15 is 0 Å². The average Bonchev–Trinajstić information content (AvgIpc) is 2.55. The SMILES string of the molecule is C=C(CNC(C)C)COCC1CCCCCC1. The Morgan fingerprint density at radius 2 is 1.88 bits per heavy atom. The van der Waals surface area contributed by atoms with Crippen LogP contribution in [-0.4, -0.2) is 25.8 Å². The first-order valence-corrected chi connectivity index (χ1v) is 7.16. The van der Waals surface area contributed by atoms with Crippen molar-refractivity contribution in [1.82, 2.24) is 5.32 Å². The molecule has 0 aromatic heterocycles. The smallest absolute Gasteiger partial charge is 0.0686 e. The Labute approximate surface area is 107 Å². The van der Waals surface area contributed by atoms with Crippen molar-refractivity contribution in [3.8, 4) is 0 Å². The lowest BCUT2D eigenvalue weighted by Crippen LogP contribution is -2.26. The van der Waals surface area contributed by atoms with E-state index < -0.39 is 0 Å². The molecule has 0 bridgehead atoms. The Morgan fingerprint density at radius 3 is 2.47 bits per heavy atom. The minimum atomic E-state index is 0.522. The maximum Gasteiger partial charge on any atom is 0.0686 e. The Morgan fingerprint density at radius 1 is 1.24 bits per heavy atom. The lowest BCUT2D eigenvalue weighted by molar-refractivity contribution is 0.110. The highest BCUT2D eigenvalue weighted by Gasteiger charge is 2.12. The van der Waals surface area contributed by atoms with Crippen LogP contribution in [0.25, 0.3) is 0 Å². The molecule has 1 fully saturated rings. The molecule has 100 valence electrons. The summed E-state index contributed by atoms with van der Waals surface area (Å²) in [5.74, 6) is 0.795. The highest BCUT2D eigenvalue weighted by molar-refractivity contribution is 4.97. The van der Waals surface area contributed by atoms with Crippen LogP contribution in [0.2, 0.25) is 0 Å². The van der Waals surface area contributed by atoms with Crippen molar-refractivity contribution in [3.05, 3.63) is 12.2 Å². The highest BCUT2D eigenvalue weighted by atomic mass is 16.5. The summed E-state index contributed by atoms with van der Waals surface area (Å²) < 4.78 is 5.78. The van der Waals surface area contributed by atoms with Crippen molar-refractivity contribution in [2.24, 2.45) is 5.92 Å². The molecular formula is C15H29NO. The van der Waals surface area contributed by atoms with Crippen LogP contribution in [0, 0.1) is 5.92 Å². The van der Waals surface area contributed by atoms with E-state index in [1.165, 1.54) is 38.5 Å². The standard InChI is InChI=1S/C15H29NO/c1-13(2)16-10-14(3)11-17-12-15-8-6-4-5-7-9-15/h13,15-16H,3-12H2,1-2H3. The van der Waals surface area contributed by atoms with E-state index in [1.54, 1.807) is 0 Å². The van der Waals surface area contributed by atoms with Gasteiger partial charge in [-0.2, -0.15) is 0 Å². The summed E-state index contributed by atoms with van der Waals surface area (Å²) in [5, 5.41) is 3.36. The molecule has 0 aromatic carbocycles. The molecule has 2 nitrogen and oxygen atoms in total. The highest BCUT2D eigenvalue weighted by Crippen LogP contribution is 2.22. The molecule has 0 heterocycles. The number of rotatable bonds is 7. The Balaban J connectivity index is 2.03. The van der Waals surface area contributed by atoms with Crippen LogP contribution in [0.1, 0.15) is 52.4 Å². The molecule has 0 aromatic rings. The largest absolute Gasteiger partial charge is 0.377 e. The molecular weight excluding hydrogens is 210 g/mol. The summed E-state index contributed by atoms with van der Waals surface area (Å²) in [4.78, 5) is 0. The van der Waals surface area contributed by atoms with Gasteiger partial charge in [0.15, 0.2) is 0 Å². The van der Waals surface area contributed by atoms with Gasteiger partial charge in [-0.25, -0.2) is 0 Å². The topological polar surface area (TPSA) is 21.3 Å². The predicted molar refractivity (Wildman–Crippen MR) is 74.3 cm³/mol. The average molecular weight is 239 g/mol. The maximum absolute atomic E-state index is 5.78. The minimum absolute atomic E-state index is 0.522. The van der Waals surface area contributed by atoms with E-state index in [1.807, 2.05) is 0 Å².